The number of benzene rings is 1. The predicted molar refractivity (Wildman–Crippen MR) is 133 cm³/mol. The van der Waals surface area contributed by atoms with Crippen molar-refractivity contribution in [1.82, 2.24) is 9.80 Å². The van der Waals surface area contributed by atoms with E-state index in [0.717, 1.165) is 18.5 Å². The maximum Gasteiger partial charge on any atom is 0.246 e. The van der Waals surface area contributed by atoms with Gasteiger partial charge in [0, 0.05) is 13.6 Å². The Bertz CT molecular complexity index is 1260. The fraction of sp³-hybridized carbons (Fsp3) is 0.643. The van der Waals surface area contributed by atoms with E-state index in [1.54, 1.807) is 6.26 Å². The molecule has 192 valence electrons. The monoisotopic (exact) mass is 493 g/mol. The van der Waals surface area contributed by atoms with Gasteiger partial charge in [0.05, 0.1) is 29.0 Å². The van der Waals surface area contributed by atoms with E-state index < -0.39 is 33.6 Å². The molecule has 6 heterocycles. The number of hydrogen-bond donors (Lipinski definition) is 2. The SMILES string of the molecule is CN1C(=O)[C@]23C[C@H]4C(C)(C)[C@@]5(C[C@@]41CN2CCC[C@H]3O)C(=O)Nc1c5ccc2c1OC=CC(C)(C)O2. The quantitative estimate of drug-likeness (QED) is 0.578. The van der Waals surface area contributed by atoms with Crippen LogP contribution in [0.15, 0.2) is 24.5 Å². The Labute approximate surface area is 211 Å². The first-order valence-electron chi connectivity index (χ1n) is 13.1. The first-order chi connectivity index (χ1) is 16.9. The van der Waals surface area contributed by atoms with Gasteiger partial charge in [-0.2, -0.15) is 0 Å². The standard InChI is InChI=1S/C28H35N3O5/c1-24(2)10-12-35-21-17(36-24)9-8-16-20(21)29-22(33)27(16)14-26-15-31-11-6-7-19(32)28(31,23(34)30(26)5)13-18(26)25(27,3)4/h8-10,12,18-19,32H,6-7,11,13-15H2,1-5H3,(H,29,33)/t18-,19+,26+,27+,28+/m0/s1. The van der Waals surface area contributed by atoms with Crippen LogP contribution in [-0.2, 0) is 15.0 Å². The van der Waals surface area contributed by atoms with E-state index in [2.05, 4.69) is 24.1 Å². The summed E-state index contributed by atoms with van der Waals surface area (Å²) in [6, 6.07) is 3.93. The van der Waals surface area contributed by atoms with Crippen molar-refractivity contribution < 1.29 is 24.2 Å². The number of piperazine rings is 1. The first-order valence-corrected chi connectivity index (χ1v) is 13.1. The second kappa shape index (κ2) is 6.45. The molecule has 36 heavy (non-hydrogen) atoms. The van der Waals surface area contributed by atoms with Gasteiger partial charge in [0.1, 0.15) is 11.1 Å². The van der Waals surface area contributed by atoms with Crippen molar-refractivity contribution >= 4 is 17.5 Å². The first kappa shape index (κ1) is 22.6. The summed E-state index contributed by atoms with van der Waals surface area (Å²) in [5.41, 5.74) is -1.63. The second-order valence-electron chi connectivity index (χ2n) is 12.9. The van der Waals surface area contributed by atoms with Crippen LogP contribution in [0.2, 0.25) is 0 Å². The van der Waals surface area contributed by atoms with Gasteiger partial charge in [0.2, 0.25) is 11.8 Å². The van der Waals surface area contributed by atoms with Crippen LogP contribution in [-0.4, -0.2) is 69.6 Å². The number of aliphatic hydroxyl groups excluding tert-OH is 1. The normalized spacial score (nSPS) is 41.1. The molecule has 1 saturated carbocycles. The summed E-state index contributed by atoms with van der Waals surface area (Å²) in [6.45, 7) is 9.79. The molecule has 8 nitrogen and oxygen atoms in total. The average molecular weight is 494 g/mol. The zero-order valence-electron chi connectivity index (χ0n) is 21.7. The van der Waals surface area contributed by atoms with Gasteiger partial charge in [-0.3, -0.25) is 14.5 Å². The minimum atomic E-state index is -0.888. The van der Waals surface area contributed by atoms with E-state index in [1.165, 1.54) is 0 Å². The maximum atomic E-state index is 14.2. The molecular formula is C28H35N3O5. The Kier molecular flexibility index (Phi) is 4.05. The van der Waals surface area contributed by atoms with Crippen LogP contribution in [0.4, 0.5) is 5.69 Å². The van der Waals surface area contributed by atoms with E-state index >= 15 is 0 Å². The summed E-state index contributed by atoms with van der Waals surface area (Å²) in [7, 11) is 1.89. The van der Waals surface area contributed by atoms with Gasteiger partial charge >= 0.3 is 0 Å². The molecule has 8 rings (SSSR count). The van der Waals surface area contributed by atoms with Gasteiger partial charge in [-0.25, -0.2) is 0 Å². The Hall–Kier alpha value is -2.58. The van der Waals surface area contributed by atoms with Gasteiger partial charge in [-0.1, -0.05) is 19.9 Å². The highest BCUT2D eigenvalue weighted by Crippen LogP contribution is 2.72. The lowest BCUT2D eigenvalue weighted by atomic mass is 9.55. The molecule has 5 fully saturated rings. The lowest BCUT2D eigenvalue weighted by molar-refractivity contribution is -0.215. The predicted octanol–water partition coefficient (Wildman–Crippen LogP) is 2.80. The van der Waals surface area contributed by atoms with Crippen molar-refractivity contribution in [1.29, 1.82) is 0 Å². The number of amides is 2. The van der Waals surface area contributed by atoms with Gasteiger partial charge in [-0.15, -0.1) is 0 Å². The van der Waals surface area contributed by atoms with Crippen molar-refractivity contribution in [2.45, 2.75) is 81.6 Å². The molecule has 8 heteroatoms. The van der Waals surface area contributed by atoms with E-state index in [4.69, 9.17) is 9.47 Å². The number of likely N-dealkylation sites (N-methyl/N-ethyl adjacent to an activating group) is 1. The number of rotatable bonds is 0. The summed E-state index contributed by atoms with van der Waals surface area (Å²) in [5.74, 6) is 1.15. The highest BCUT2D eigenvalue weighted by atomic mass is 16.5. The Balaban J connectivity index is 1.41. The minimum Gasteiger partial charge on any atom is -0.480 e. The number of aliphatic hydroxyl groups is 1. The zero-order chi connectivity index (χ0) is 25.5. The molecular weight excluding hydrogens is 458 g/mol. The van der Waals surface area contributed by atoms with Crippen LogP contribution >= 0.6 is 0 Å². The lowest BCUT2D eigenvalue weighted by Crippen LogP contribution is -2.83. The number of ether oxygens (including phenoxy) is 2. The van der Waals surface area contributed by atoms with Crippen LogP contribution in [0.1, 0.15) is 58.9 Å². The Morgan fingerprint density at radius 3 is 2.72 bits per heavy atom. The van der Waals surface area contributed by atoms with Gasteiger partial charge in [-0.05, 0) is 75.1 Å². The summed E-state index contributed by atoms with van der Waals surface area (Å²) < 4.78 is 12.2. The van der Waals surface area contributed by atoms with Crippen LogP contribution in [0.25, 0.3) is 0 Å². The fourth-order valence-corrected chi connectivity index (χ4v) is 8.94. The summed E-state index contributed by atoms with van der Waals surface area (Å²) >= 11 is 0. The average Bonchev–Trinajstić information content (AvgIpc) is 3.13. The molecule has 2 N–H and O–H groups in total. The molecule has 6 aliphatic heterocycles. The Morgan fingerprint density at radius 2 is 1.94 bits per heavy atom. The van der Waals surface area contributed by atoms with Crippen LogP contribution in [0.3, 0.4) is 0 Å². The number of piperidine rings is 3. The third kappa shape index (κ3) is 2.26. The molecule has 1 aliphatic carbocycles. The summed E-state index contributed by atoms with van der Waals surface area (Å²) in [4.78, 5) is 32.2. The zero-order valence-corrected chi connectivity index (χ0v) is 21.7. The molecule has 0 radical (unpaired) electrons. The highest BCUT2D eigenvalue weighted by molar-refractivity contribution is 6.09. The van der Waals surface area contributed by atoms with Crippen LogP contribution in [0, 0.1) is 11.3 Å². The molecule has 1 aromatic rings. The number of hydrogen-bond acceptors (Lipinski definition) is 6. The molecule has 7 aliphatic rings. The maximum absolute atomic E-state index is 14.2. The van der Waals surface area contributed by atoms with Gasteiger partial charge in [0.15, 0.2) is 11.5 Å². The van der Waals surface area contributed by atoms with Crippen molar-refractivity contribution in [2.75, 3.05) is 25.5 Å². The second-order valence-corrected chi connectivity index (χ2v) is 12.9. The molecule has 0 aromatic heterocycles. The molecule has 1 aromatic carbocycles. The van der Waals surface area contributed by atoms with Crippen LogP contribution in [0.5, 0.6) is 11.5 Å². The van der Waals surface area contributed by atoms with Crippen LogP contribution < -0.4 is 14.8 Å². The number of nitrogens with one attached hydrogen (secondary N) is 1. The van der Waals surface area contributed by atoms with Crippen molar-refractivity contribution in [3.63, 3.8) is 0 Å². The number of fused-ring (bicyclic) bond motifs is 5. The molecule has 3 spiro atoms. The highest BCUT2D eigenvalue weighted by Gasteiger charge is 2.80. The third-order valence-corrected chi connectivity index (χ3v) is 10.8. The summed E-state index contributed by atoms with van der Waals surface area (Å²) in [6.07, 6.45) is 5.45. The lowest BCUT2D eigenvalue weighted by Gasteiger charge is -2.67. The van der Waals surface area contributed by atoms with Gasteiger partial charge in [0.25, 0.3) is 0 Å². The number of carbonyl (C=O) groups excluding carboxylic acids is 2. The smallest absolute Gasteiger partial charge is 0.246 e. The molecule has 0 unspecified atom stereocenters. The largest absolute Gasteiger partial charge is 0.480 e. The summed E-state index contributed by atoms with van der Waals surface area (Å²) in [5, 5.41) is 14.4. The number of nitrogens with zero attached hydrogens (tertiary/aromatic N) is 2. The van der Waals surface area contributed by atoms with Gasteiger partial charge < -0.3 is 24.8 Å². The number of carbonyl (C=O) groups is 2. The van der Waals surface area contributed by atoms with Crippen molar-refractivity contribution in [3.8, 4) is 11.5 Å². The molecule has 5 atom stereocenters. The molecule has 2 amide bonds. The van der Waals surface area contributed by atoms with E-state index in [9.17, 15) is 14.7 Å². The van der Waals surface area contributed by atoms with Crippen molar-refractivity contribution in [2.24, 2.45) is 11.3 Å². The molecule has 4 saturated heterocycles. The Morgan fingerprint density at radius 1 is 1.17 bits per heavy atom. The van der Waals surface area contributed by atoms with Crippen molar-refractivity contribution in [3.05, 3.63) is 30.0 Å². The van der Waals surface area contributed by atoms with E-state index in [1.807, 2.05) is 44.0 Å². The fourth-order valence-electron chi connectivity index (χ4n) is 8.94. The topological polar surface area (TPSA) is 91.3 Å². The third-order valence-electron chi connectivity index (χ3n) is 10.8. The van der Waals surface area contributed by atoms with E-state index in [0.29, 0.717) is 43.0 Å². The minimum absolute atomic E-state index is 0.00899. The molecule has 2 bridgehead atoms. The van der Waals surface area contributed by atoms with E-state index in [-0.39, 0.29) is 17.7 Å². The number of anilines is 1.